The molecule has 1 amide bonds. The van der Waals surface area contributed by atoms with E-state index in [0.717, 1.165) is 24.2 Å². The first-order valence-corrected chi connectivity index (χ1v) is 9.49. The highest BCUT2D eigenvalue weighted by Crippen LogP contribution is 2.42. The van der Waals surface area contributed by atoms with Gasteiger partial charge in [0.05, 0.1) is 23.5 Å². The summed E-state index contributed by atoms with van der Waals surface area (Å²) in [6.45, 7) is 9.29. The standard InChI is InChI=1S/C20H29N3O3/c1-12(2)14(4)21-10-19(24)22-11-13(3)23(16-6-7-16)17-8-5-15(20(25)26)9-18(17)22/h5,8-9,12-14,16,21H,6-7,10-11H2,1-4H3,(H,25,26)/t13?,14-/m0/s1. The molecule has 26 heavy (non-hydrogen) atoms. The summed E-state index contributed by atoms with van der Waals surface area (Å²) in [6.07, 6.45) is 2.32. The van der Waals surface area contributed by atoms with Gasteiger partial charge in [0.1, 0.15) is 0 Å². The maximum atomic E-state index is 12.9. The summed E-state index contributed by atoms with van der Waals surface area (Å²) in [5.74, 6) is -0.536. The molecule has 1 fully saturated rings. The summed E-state index contributed by atoms with van der Waals surface area (Å²) in [5, 5.41) is 12.6. The Morgan fingerprint density at radius 1 is 1.23 bits per heavy atom. The molecule has 0 spiro atoms. The van der Waals surface area contributed by atoms with Crippen LogP contribution in [-0.2, 0) is 4.79 Å². The van der Waals surface area contributed by atoms with E-state index in [-0.39, 0.29) is 30.1 Å². The van der Waals surface area contributed by atoms with Crippen LogP contribution in [0.4, 0.5) is 11.4 Å². The number of hydrogen-bond acceptors (Lipinski definition) is 4. The van der Waals surface area contributed by atoms with Gasteiger partial charge in [0.2, 0.25) is 5.91 Å². The normalized spacial score (nSPS) is 20.9. The number of fused-ring (bicyclic) bond motifs is 1. The minimum absolute atomic E-state index is 0.0106. The molecule has 2 aliphatic rings. The summed E-state index contributed by atoms with van der Waals surface area (Å²) >= 11 is 0. The van der Waals surface area contributed by atoms with Gasteiger partial charge in [-0.25, -0.2) is 4.79 Å². The average Bonchev–Trinajstić information content (AvgIpc) is 3.42. The molecular weight excluding hydrogens is 330 g/mol. The predicted octanol–water partition coefficient (Wildman–Crippen LogP) is 2.72. The Bertz CT molecular complexity index is 700. The van der Waals surface area contributed by atoms with Crippen LogP contribution in [0.3, 0.4) is 0 Å². The van der Waals surface area contributed by atoms with E-state index in [9.17, 15) is 14.7 Å². The van der Waals surface area contributed by atoms with E-state index in [2.05, 4.69) is 37.9 Å². The Balaban J connectivity index is 1.88. The Morgan fingerprint density at radius 2 is 1.92 bits per heavy atom. The van der Waals surface area contributed by atoms with Crippen molar-refractivity contribution < 1.29 is 14.7 Å². The van der Waals surface area contributed by atoms with E-state index in [1.165, 1.54) is 0 Å². The van der Waals surface area contributed by atoms with Crippen molar-refractivity contribution >= 4 is 23.3 Å². The molecule has 3 rings (SSSR count). The van der Waals surface area contributed by atoms with Crippen molar-refractivity contribution in [1.29, 1.82) is 0 Å². The lowest BCUT2D eigenvalue weighted by Crippen LogP contribution is -2.53. The minimum Gasteiger partial charge on any atom is -0.478 e. The second-order valence-corrected chi connectivity index (χ2v) is 7.91. The van der Waals surface area contributed by atoms with Crippen LogP contribution in [0.2, 0.25) is 0 Å². The third kappa shape index (κ3) is 3.70. The molecule has 6 heteroatoms. The number of rotatable bonds is 6. The van der Waals surface area contributed by atoms with Crippen LogP contribution >= 0.6 is 0 Å². The molecule has 1 heterocycles. The molecule has 0 bridgehead atoms. The number of benzene rings is 1. The van der Waals surface area contributed by atoms with E-state index in [1.807, 2.05) is 6.07 Å². The molecule has 6 nitrogen and oxygen atoms in total. The van der Waals surface area contributed by atoms with Crippen molar-refractivity contribution in [2.45, 2.75) is 58.7 Å². The van der Waals surface area contributed by atoms with Crippen LogP contribution in [0.5, 0.6) is 0 Å². The van der Waals surface area contributed by atoms with Crippen LogP contribution in [-0.4, -0.2) is 48.2 Å². The largest absolute Gasteiger partial charge is 0.478 e. The number of carboxylic acid groups (broad SMARTS) is 1. The monoisotopic (exact) mass is 359 g/mol. The van der Waals surface area contributed by atoms with E-state index in [1.54, 1.807) is 17.0 Å². The molecule has 0 saturated heterocycles. The second kappa shape index (κ2) is 7.27. The zero-order valence-electron chi connectivity index (χ0n) is 16.0. The maximum Gasteiger partial charge on any atom is 0.335 e. The van der Waals surface area contributed by atoms with Gasteiger partial charge in [0, 0.05) is 24.7 Å². The number of carbonyl (C=O) groups excluding carboxylic acids is 1. The Labute approximate surface area is 155 Å². The highest BCUT2D eigenvalue weighted by atomic mass is 16.4. The summed E-state index contributed by atoms with van der Waals surface area (Å²) in [6, 6.07) is 6.11. The molecule has 0 radical (unpaired) electrons. The van der Waals surface area contributed by atoms with Crippen molar-refractivity contribution in [2.24, 2.45) is 5.92 Å². The van der Waals surface area contributed by atoms with Crippen LogP contribution in [0.1, 0.15) is 50.9 Å². The highest BCUT2D eigenvalue weighted by Gasteiger charge is 2.39. The van der Waals surface area contributed by atoms with Crippen molar-refractivity contribution in [3.05, 3.63) is 23.8 Å². The van der Waals surface area contributed by atoms with Gasteiger partial charge in [0.25, 0.3) is 0 Å². The summed E-state index contributed by atoms with van der Waals surface area (Å²) in [5.41, 5.74) is 1.91. The number of nitrogens with zero attached hydrogens (tertiary/aromatic N) is 2. The fourth-order valence-electron chi connectivity index (χ4n) is 3.50. The van der Waals surface area contributed by atoms with Crippen molar-refractivity contribution in [2.75, 3.05) is 22.9 Å². The predicted molar refractivity (Wildman–Crippen MR) is 103 cm³/mol. The second-order valence-electron chi connectivity index (χ2n) is 7.91. The lowest BCUT2D eigenvalue weighted by molar-refractivity contribution is -0.118. The minimum atomic E-state index is -0.969. The van der Waals surface area contributed by atoms with E-state index < -0.39 is 5.97 Å². The Hall–Kier alpha value is -2.08. The first kappa shape index (κ1) is 18.7. The van der Waals surface area contributed by atoms with Gasteiger partial charge in [-0.1, -0.05) is 13.8 Å². The number of amides is 1. The van der Waals surface area contributed by atoms with Gasteiger partial charge in [-0.15, -0.1) is 0 Å². The van der Waals surface area contributed by atoms with Gasteiger partial charge in [0.15, 0.2) is 0 Å². The molecule has 1 aromatic rings. The molecule has 0 aromatic heterocycles. The molecular formula is C20H29N3O3. The molecule has 1 aliphatic carbocycles. The van der Waals surface area contributed by atoms with Crippen molar-refractivity contribution in [3.8, 4) is 0 Å². The zero-order valence-corrected chi connectivity index (χ0v) is 16.0. The molecule has 142 valence electrons. The number of carbonyl (C=O) groups is 2. The number of nitrogens with one attached hydrogen (secondary N) is 1. The van der Waals surface area contributed by atoms with Gasteiger partial charge in [-0.2, -0.15) is 0 Å². The van der Waals surface area contributed by atoms with E-state index in [4.69, 9.17) is 0 Å². The fourth-order valence-corrected chi connectivity index (χ4v) is 3.50. The van der Waals surface area contributed by atoms with Crippen molar-refractivity contribution in [1.82, 2.24) is 5.32 Å². The number of carboxylic acids is 1. The first-order valence-electron chi connectivity index (χ1n) is 9.49. The lowest BCUT2D eigenvalue weighted by Gasteiger charge is -2.43. The number of hydrogen-bond donors (Lipinski definition) is 2. The van der Waals surface area contributed by atoms with Gasteiger partial charge >= 0.3 is 5.97 Å². The molecule has 1 saturated carbocycles. The number of aromatic carboxylic acids is 1. The molecule has 2 N–H and O–H groups in total. The maximum absolute atomic E-state index is 12.9. The van der Waals surface area contributed by atoms with Crippen LogP contribution < -0.4 is 15.1 Å². The Kier molecular flexibility index (Phi) is 5.23. The summed E-state index contributed by atoms with van der Waals surface area (Å²) in [4.78, 5) is 28.4. The van der Waals surface area contributed by atoms with Crippen LogP contribution in [0, 0.1) is 5.92 Å². The summed E-state index contributed by atoms with van der Waals surface area (Å²) in [7, 11) is 0. The van der Waals surface area contributed by atoms with E-state index in [0.29, 0.717) is 18.5 Å². The van der Waals surface area contributed by atoms with Crippen molar-refractivity contribution in [3.63, 3.8) is 0 Å². The number of anilines is 2. The highest BCUT2D eigenvalue weighted by molar-refractivity contribution is 6.01. The lowest BCUT2D eigenvalue weighted by atomic mass is 10.0. The molecule has 1 aliphatic heterocycles. The molecule has 1 aromatic carbocycles. The Morgan fingerprint density at radius 3 is 2.50 bits per heavy atom. The topological polar surface area (TPSA) is 72.9 Å². The fraction of sp³-hybridized carbons (Fsp3) is 0.600. The van der Waals surface area contributed by atoms with E-state index >= 15 is 0 Å². The van der Waals surface area contributed by atoms with Crippen LogP contribution in [0.25, 0.3) is 0 Å². The third-order valence-corrected chi connectivity index (χ3v) is 5.53. The summed E-state index contributed by atoms with van der Waals surface area (Å²) < 4.78 is 0. The van der Waals surface area contributed by atoms with Gasteiger partial charge < -0.3 is 20.2 Å². The van der Waals surface area contributed by atoms with Crippen LogP contribution in [0.15, 0.2) is 18.2 Å². The zero-order chi connectivity index (χ0) is 19.0. The quantitative estimate of drug-likeness (QED) is 0.817. The molecule has 2 atom stereocenters. The first-order chi connectivity index (χ1) is 12.3. The smallest absolute Gasteiger partial charge is 0.335 e. The van der Waals surface area contributed by atoms with Gasteiger partial charge in [-0.3, -0.25) is 4.79 Å². The SMILES string of the molecule is CC(C)[C@H](C)NCC(=O)N1CC(C)N(C2CC2)c2ccc(C(=O)O)cc21. The average molecular weight is 359 g/mol. The van der Waals surface area contributed by atoms with Gasteiger partial charge in [-0.05, 0) is 50.8 Å². The molecule has 1 unspecified atom stereocenters. The third-order valence-electron chi connectivity index (χ3n) is 5.53.